The van der Waals surface area contributed by atoms with Crippen LogP contribution in [-0.2, 0) is 5.41 Å². The predicted molar refractivity (Wildman–Crippen MR) is 212 cm³/mol. The van der Waals surface area contributed by atoms with Crippen LogP contribution in [0, 0.1) is 0 Å². The van der Waals surface area contributed by atoms with E-state index in [1.807, 2.05) is 36.4 Å². The molecule has 3 aromatic heterocycles. The molecule has 254 valence electrons. The number of furan rings is 2. The number of para-hydroxylation sites is 2. The van der Waals surface area contributed by atoms with E-state index in [1.165, 1.54) is 16.7 Å². The molecule has 9 aromatic rings. The molecule has 0 fully saturated rings. The second-order valence-electron chi connectivity index (χ2n) is 13.6. The van der Waals surface area contributed by atoms with E-state index in [9.17, 15) is 0 Å². The Morgan fingerprint density at radius 1 is 0.352 bits per heavy atom. The van der Waals surface area contributed by atoms with Gasteiger partial charge in [-0.25, -0.2) is 15.0 Å². The van der Waals surface area contributed by atoms with Crippen molar-refractivity contribution in [2.24, 2.45) is 0 Å². The molecule has 2 aliphatic rings. The molecule has 1 aliphatic carbocycles. The molecule has 1 aliphatic heterocycles. The smallest absolute Gasteiger partial charge is 0.174 e. The van der Waals surface area contributed by atoms with Gasteiger partial charge in [-0.1, -0.05) is 121 Å². The largest absolute Gasteiger partial charge is 0.461 e. The lowest BCUT2D eigenvalue weighted by atomic mass is 9.65. The van der Waals surface area contributed by atoms with Crippen molar-refractivity contribution in [2.45, 2.75) is 5.41 Å². The zero-order chi connectivity index (χ0) is 35.6. The molecule has 0 saturated carbocycles. The summed E-state index contributed by atoms with van der Waals surface area (Å²) < 4.78 is 12.1. The standard InChI is InChI=1S/C48H30N4O2/c1-3-11-31(12-4-1)32-19-21-34(22-20-32)46-49-45(33-13-5-2-6-14-33)50-47(51-46)35-23-25-36(26-24-35)52-41-17-9-7-15-37(41)48(38-16-8-10-18-42(38)52)39-27-29-53-43(39)44-40(48)28-30-54-44/h1-30H. The Balaban J connectivity index is 1.02. The number of nitrogens with zero attached hydrogens (tertiary/aromatic N) is 4. The van der Waals surface area contributed by atoms with Gasteiger partial charge < -0.3 is 13.7 Å². The molecule has 0 saturated heterocycles. The summed E-state index contributed by atoms with van der Waals surface area (Å²) in [6, 6.07) is 58.9. The summed E-state index contributed by atoms with van der Waals surface area (Å²) in [5.41, 5.74) is 12.3. The van der Waals surface area contributed by atoms with Crippen molar-refractivity contribution in [2.75, 3.05) is 4.90 Å². The third-order valence-corrected chi connectivity index (χ3v) is 10.7. The number of benzene rings is 6. The number of hydrogen-bond donors (Lipinski definition) is 0. The van der Waals surface area contributed by atoms with Gasteiger partial charge in [0.15, 0.2) is 29.0 Å². The Hall–Kier alpha value is -7.31. The van der Waals surface area contributed by atoms with Crippen molar-refractivity contribution in [3.63, 3.8) is 0 Å². The Morgan fingerprint density at radius 3 is 1.26 bits per heavy atom. The van der Waals surface area contributed by atoms with Gasteiger partial charge in [0.1, 0.15) is 0 Å². The van der Waals surface area contributed by atoms with Crippen LogP contribution in [0.5, 0.6) is 0 Å². The molecular formula is C48H30N4O2. The summed E-state index contributed by atoms with van der Waals surface area (Å²) in [4.78, 5) is 17.4. The molecule has 0 atom stereocenters. The molecular weight excluding hydrogens is 665 g/mol. The van der Waals surface area contributed by atoms with Gasteiger partial charge in [0.05, 0.1) is 29.3 Å². The molecule has 4 heterocycles. The van der Waals surface area contributed by atoms with E-state index in [-0.39, 0.29) is 0 Å². The van der Waals surface area contributed by atoms with Crippen molar-refractivity contribution in [1.82, 2.24) is 15.0 Å². The summed E-state index contributed by atoms with van der Waals surface area (Å²) in [6.07, 6.45) is 3.54. The Bertz CT molecular complexity index is 2730. The van der Waals surface area contributed by atoms with Gasteiger partial charge in [-0.15, -0.1) is 0 Å². The van der Waals surface area contributed by atoms with Gasteiger partial charge in [0.2, 0.25) is 0 Å². The van der Waals surface area contributed by atoms with E-state index >= 15 is 0 Å². The summed E-state index contributed by atoms with van der Waals surface area (Å²) in [5, 5.41) is 0. The highest BCUT2D eigenvalue weighted by Gasteiger charge is 2.54. The van der Waals surface area contributed by atoms with Crippen LogP contribution in [0.2, 0.25) is 0 Å². The van der Waals surface area contributed by atoms with E-state index in [0.717, 1.165) is 62.0 Å². The number of rotatable bonds is 5. The second kappa shape index (κ2) is 11.9. The topological polar surface area (TPSA) is 68.2 Å². The third kappa shape index (κ3) is 4.43. The van der Waals surface area contributed by atoms with Crippen molar-refractivity contribution in [3.8, 4) is 56.8 Å². The van der Waals surface area contributed by atoms with Gasteiger partial charge in [-0.2, -0.15) is 0 Å². The first-order valence-electron chi connectivity index (χ1n) is 18.0. The average molecular weight is 695 g/mol. The van der Waals surface area contributed by atoms with E-state index in [1.54, 1.807) is 12.5 Å². The van der Waals surface area contributed by atoms with Crippen LogP contribution in [-0.4, -0.2) is 15.0 Å². The van der Waals surface area contributed by atoms with Crippen molar-refractivity contribution in [3.05, 3.63) is 205 Å². The first-order chi connectivity index (χ1) is 26.8. The van der Waals surface area contributed by atoms with Gasteiger partial charge in [-0.05, 0) is 70.8 Å². The minimum atomic E-state index is -0.567. The maximum atomic E-state index is 6.06. The van der Waals surface area contributed by atoms with Crippen molar-refractivity contribution < 1.29 is 8.83 Å². The summed E-state index contributed by atoms with van der Waals surface area (Å²) in [7, 11) is 0. The SMILES string of the molecule is c1ccc(-c2ccc(-c3nc(-c4ccccc4)nc(-c4ccc(N5c6ccccc6C6(c7ccccc75)c5ccoc5-c5occc56)cc4)n3)cc2)cc1. The summed E-state index contributed by atoms with van der Waals surface area (Å²) in [6.45, 7) is 0. The zero-order valence-corrected chi connectivity index (χ0v) is 28.9. The lowest BCUT2D eigenvalue weighted by Crippen LogP contribution is -2.35. The highest BCUT2D eigenvalue weighted by Crippen LogP contribution is 2.63. The maximum Gasteiger partial charge on any atom is 0.174 e. The van der Waals surface area contributed by atoms with Gasteiger partial charge in [-0.3, -0.25) is 0 Å². The van der Waals surface area contributed by atoms with Crippen molar-refractivity contribution in [1.29, 1.82) is 0 Å². The minimum Gasteiger partial charge on any atom is -0.461 e. The highest BCUT2D eigenvalue weighted by atomic mass is 16.4. The first kappa shape index (κ1) is 30.3. The van der Waals surface area contributed by atoms with E-state index in [0.29, 0.717) is 17.5 Å². The highest BCUT2D eigenvalue weighted by molar-refractivity contribution is 5.93. The van der Waals surface area contributed by atoms with Crippen LogP contribution >= 0.6 is 0 Å². The lowest BCUT2D eigenvalue weighted by Gasteiger charge is -2.44. The third-order valence-electron chi connectivity index (χ3n) is 10.7. The zero-order valence-electron chi connectivity index (χ0n) is 28.9. The van der Waals surface area contributed by atoms with Crippen molar-refractivity contribution >= 4 is 17.1 Å². The van der Waals surface area contributed by atoms with Gasteiger partial charge >= 0.3 is 0 Å². The van der Waals surface area contributed by atoms with E-state index in [2.05, 4.69) is 138 Å². The van der Waals surface area contributed by atoms with Crippen LogP contribution in [0.25, 0.3) is 56.8 Å². The normalized spacial score (nSPS) is 13.3. The van der Waals surface area contributed by atoms with E-state index in [4.69, 9.17) is 23.8 Å². The van der Waals surface area contributed by atoms with Gasteiger partial charge in [0, 0.05) is 33.5 Å². The quantitative estimate of drug-likeness (QED) is 0.179. The van der Waals surface area contributed by atoms with Crippen LogP contribution in [0.15, 0.2) is 191 Å². The molecule has 6 heteroatoms. The van der Waals surface area contributed by atoms with Crippen LogP contribution in [0.3, 0.4) is 0 Å². The molecule has 54 heavy (non-hydrogen) atoms. The lowest BCUT2D eigenvalue weighted by molar-refractivity contribution is 0.525. The minimum absolute atomic E-state index is 0.567. The number of anilines is 3. The maximum absolute atomic E-state index is 6.06. The van der Waals surface area contributed by atoms with E-state index < -0.39 is 5.41 Å². The Morgan fingerprint density at radius 2 is 0.741 bits per heavy atom. The first-order valence-corrected chi connectivity index (χ1v) is 18.0. The number of fused-ring (bicyclic) bond motifs is 9. The molecule has 0 radical (unpaired) electrons. The molecule has 6 nitrogen and oxygen atoms in total. The molecule has 0 unspecified atom stereocenters. The molecule has 1 spiro atoms. The van der Waals surface area contributed by atoms with Crippen LogP contribution < -0.4 is 4.90 Å². The van der Waals surface area contributed by atoms with Gasteiger partial charge in [0.25, 0.3) is 0 Å². The summed E-state index contributed by atoms with van der Waals surface area (Å²) in [5.74, 6) is 3.44. The van der Waals surface area contributed by atoms with Crippen LogP contribution in [0.4, 0.5) is 17.1 Å². The monoisotopic (exact) mass is 694 g/mol. The average Bonchev–Trinajstić information content (AvgIpc) is 3.99. The molecule has 6 aromatic carbocycles. The Kier molecular flexibility index (Phi) is 6.67. The number of aromatic nitrogens is 3. The molecule has 0 bridgehead atoms. The summed E-state index contributed by atoms with van der Waals surface area (Å²) >= 11 is 0. The molecule has 0 N–H and O–H groups in total. The molecule has 11 rings (SSSR count). The fourth-order valence-corrected chi connectivity index (χ4v) is 8.36. The second-order valence-corrected chi connectivity index (χ2v) is 13.6. The Labute approximate surface area is 311 Å². The predicted octanol–water partition coefficient (Wildman–Crippen LogP) is 11.9. The van der Waals surface area contributed by atoms with Crippen LogP contribution in [0.1, 0.15) is 22.3 Å². The molecule has 0 amide bonds. The fourth-order valence-electron chi connectivity index (χ4n) is 8.36. The number of hydrogen-bond acceptors (Lipinski definition) is 6. The fraction of sp³-hybridized carbons (Fsp3) is 0.0208.